The standard InChI is InChI=1S/C32H27N5O4S/c1-2-41-30(38)20-23-13-16-27(17-14-23)33-21-25-15-18-29(28(19-25)37(39)40)42-32-35-34-31(26-11-7-4-8-12-26)36(32)22-24-9-5-3-6-10-24/h3-19,21H,2,20,22H2,1H3. The summed E-state index contributed by atoms with van der Waals surface area (Å²) >= 11 is 1.20. The predicted octanol–water partition coefficient (Wildman–Crippen LogP) is 6.91. The third-order valence-electron chi connectivity index (χ3n) is 6.27. The van der Waals surface area contributed by atoms with Crippen LogP contribution >= 0.6 is 11.8 Å². The molecule has 10 heteroatoms. The monoisotopic (exact) mass is 577 g/mol. The van der Waals surface area contributed by atoms with Crippen LogP contribution in [0.1, 0.15) is 23.6 Å². The molecule has 42 heavy (non-hydrogen) atoms. The molecule has 0 spiro atoms. The number of aliphatic imine (C=N–C) groups is 1. The number of esters is 1. The van der Waals surface area contributed by atoms with Crippen LogP contribution in [0.4, 0.5) is 11.4 Å². The van der Waals surface area contributed by atoms with Gasteiger partial charge in [-0.15, -0.1) is 10.2 Å². The van der Waals surface area contributed by atoms with Gasteiger partial charge in [0.25, 0.3) is 5.69 Å². The van der Waals surface area contributed by atoms with Crippen molar-refractivity contribution in [1.29, 1.82) is 0 Å². The zero-order chi connectivity index (χ0) is 29.3. The Labute approximate surface area is 247 Å². The number of nitro groups is 1. The van der Waals surface area contributed by atoms with Gasteiger partial charge in [0.05, 0.1) is 35.1 Å². The van der Waals surface area contributed by atoms with E-state index in [4.69, 9.17) is 4.74 Å². The second kappa shape index (κ2) is 13.5. The molecule has 5 aromatic rings. The Hall–Kier alpha value is -5.09. The van der Waals surface area contributed by atoms with Crippen LogP contribution in [0.25, 0.3) is 11.4 Å². The fourth-order valence-corrected chi connectivity index (χ4v) is 5.16. The van der Waals surface area contributed by atoms with Gasteiger partial charge in [0.15, 0.2) is 11.0 Å². The van der Waals surface area contributed by atoms with Gasteiger partial charge in [-0.1, -0.05) is 78.9 Å². The zero-order valence-electron chi connectivity index (χ0n) is 22.8. The van der Waals surface area contributed by atoms with Gasteiger partial charge in [-0.25, -0.2) is 0 Å². The molecular formula is C32H27N5O4S. The molecule has 0 saturated heterocycles. The van der Waals surface area contributed by atoms with E-state index in [9.17, 15) is 14.9 Å². The van der Waals surface area contributed by atoms with E-state index in [1.165, 1.54) is 17.8 Å². The molecule has 0 atom stereocenters. The minimum Gasteiger partial charge on any atom is -0.466 e. The third kappa shape index (κ3) is 7.15. The van der Waals surface area contributed by atoms with Crippen molar-refractivity contribution < 1.29 is 14.5 Å². The van der Waals surface area contributed by atoms with Crippen LogP contribution in [-0.2, 0) is 22.5 Å². The number of rotatable bonds is 11. The summed E-state index contributed by atoms with van der Waals surface area (Å²) in [6.45, 7) is 2.62. The highest BCUT2D eigenvalue weighted by Gasteiger charge is 2.21. The van der Waals surface area contributed by atoms with E-state index in [0.29, 0.717) is 40.3 Å². The molecule has 0 aliphatic rings. The van der Waals surface area contributed by atoms with Gasteiger partial charge in [-0.3, -0.25) is 24.5 Å². The van der Waals surface area contributed by atoms with Crippen molar-refractivity contribution in [3.05, 3.63) is 130 Å². The van der Waals surface area contributed by atoms with E-state index in [0.717, 1.165) is 16.7 Å². The van der Waals surface area contributed by atoms with Crippen molar-refractivity contribution in [3.63, 3.8) is 0 Å². The number of benzene rings is 4. The highest BCUT2D eigenvalue weighted by molar-refractivity contribution is 7.99. The first-order valence-corrected chi connectivity index (χ1v) is 14.1. The third-order valence-corrected chi connectivity index (χ3v) is 7.32. The molecule has 0 N–H and O–H groups in total. The van der Waals surface area contributed by atoms with Gasteiger partial charge in [0, 0.05) is 17.8 Å². The van der Waals surface area contributed by atoms with Crippen molar-refractivity contribution in [2.24, 2.45) is 4.99 Å². The maximum atomic E-state index is 12.1. The van der Waals surface area contributed by atoms with E-state index >= 15 is 0 Å². The van der Waals surface area contributed by atoms with Gasteiger partial charge in [0.2, 0.25) is 0 Å². The maximum Gasteiger partial charge on any atom is 0.310 e. The molecule has 0 aliphatic heterocycles. The van der Waals surface area contributed by atoms with Crippen LogP contribution < -0.4 is 0 Å². The zero-order valence-corrected chi connectivity index (χ0v) is 23.6. The molecule has 0 fully saturated rings. The van der Waals surface area contributed by atoms with E-state index in [-0.39, 0.29) is 18.1 Å². The minimum atomic E-state index is -0.403. The van der Waals surface area contributed by atoms with Gasteiger partial charge in [-0.05, 0) is 53.6 Å². The van der Waals surface area contributed by atoms with Crippen molar-refractivity contribution in [3.8, 4) is 11.4 Å². The van der Waals surface area contributed by atoms with E-state index in [1.807, 2.05) is 65.2 Å². The molecule has 0 radical (unpaired) electrons. The predicted molar refractivity (Wildman–Crippen MR) is 162 cm³/mol. The summed E-state index contributed by atoms with van der Waals surface area (Å²) in [5.41, 5.74) is 3.97. The number of nitrogens with zero attached hydrogens (tertiary/aromatic N) is 5. The largest absolute Gasteiger partial charge is 0.466 e. The first-order valence-electron chi connectivity index (χ1n) is 13.3. The SMILES string of the molecule is CCOC(=O)Cc1ccc(N=Cc2ccc(Sc3nnc(-c4ccccc4)n3Cc3ccccc3)c([N+](=O)[O-])c2)cc1. The molecule has 5 rings (SSSR count). The Bertz CT molecular complexity index is 1700. The fourth-order valence-electron chi connectivity index (χ4n) is 4.24. The van der Waals surface area contributed by atoms with Crippen LogP contribution in [0.2, 0.25) is 0 Å². The number of carbonyl (C=O) groups is 1. The molecule has 210 valence electrons. The summed E-state index contributed by atoms with van der Waals surface area (Å²) in [5.74, 6) is 0.398. The van der Waals surface area contributed by atoms with Crippen LogP contribution in [0.5, 0.6) is 0 Å². The number of carbonyl (C=O) groups excluding carboxylic acids is 1. The average molecular weight is 578 g/mol. The van der Waals surface area contributed by atoms with Gasteiger partial charge < -0.3 is 4.74 Å². The lowest BCUT2D eigenvalue weighted by Crippen LogP contribution is -2.07. The number of aromatic nitrogens is 3. The second-order valence-electron chi connectivity index (χ2n) is 9.24. The molecule has 0 amide bonds. The molecule has 0 saturated carbocycles. The van der Waals surface area contributed by atoms with Gasteiger partial charge in [-0.2, -0.15) is 0 Å². The lowest BCUT2D eigenvalue weighted by molar-refractivity contribution is -0.387. The van der Waals surface area contributed by atoms with E-state index in [1.54, 1.807) is 49.5 Å². The summed E-state index contributed by atoms with van der Waals surface area (Å²) in [4.78, 5) is 28.3. The Kier molecular flexibility index (Phi) is 9.15. The van der Waals surface area contributed by atoms with Crippen LogP contribution in [-0.4, -0.2) is 38.5 Å². The quantitative estimate of drug-likeness (QED) is 0.0725. The van der Waals surface area contributed by atoms with Crippen LogP contribution in [0.15, 0.2) is 118 Å². The summed E-state index contributed by atoms with van der Waals surface area (Å²) in [7, 11) is 0. The minimum absolute atomic E-state index is 0.0516. The summed E-state index contributed by atoms with van der Waals surface area (Å²) < 4.78 is 6.95. The Morgan fingerprint density at radius 1 is 0.952 bits per heavy atom. The normalized spacial score (nSPS) is 11.1. The molecule has 1 aromatic heterocycles. The molecule has 0 unspecified atom stereocenters. The average Bonchev–Trinajstić information content (AvgIpc) is 3.40. The molecule has 4 aromatic carbocycles. The number of hydrogen-bond acceptors (Lipinski definition) is 8. The lowest BCUT2D eigenvalue weighted by atomic mass is 10.1. The van der Waals surface area contributed by atoms with Crippen molar-refractivity contribution >= 4 is 35.3 Å². The number of nitro benzene ring substituents is 1. The van der Waals surface area contributed by atoms with Crippen LogP contribution in [0.3, 0.4) is 0 Å². The van der Waals surface area contributed by atoms with E-state index < -0.39 is 4.92 Å². The molecule has 0 bridgehead atoms. The highest BCUT2D eigenvalue weighted by atomic mass is 32.2. The first kappa shape index (κ1) is 28.4. The fraction of sp³-hybridized carbons (Fsp3) is 0.125. The number of hydrogen-bond donors (Lipinski definition) is 0. The van der Waals surface area contributed by atoms with Crippen molar-refractivity contribution in [1.82, 2.24) is 14.8 Å². The van der Waals surface area contributed by atoms with Crippen LogP contribution in [0, 0.1) is 10.1 Å². The molecular weight excluding hydrogens is 550 g/mol. The maximum absolute atomic E-state index is 12.1. The number of ether oxygens (including phenoxy) is 1. The Balaban J connectivity index is 1.39. The lowest BCUT2D eigenvalue weighted by Gasteiger charge is -2.11. The van der Waals surface area contributed by atoms with Crippen molar-refractivity contribution in [2.75, 3.05) is 6.61 Å². The smallest absolute Gasteiger partial charge is 0.310 e. The summed E-state index contributed by atoms with van der Waals surface area (Å²) in [6.07, 6.45) is 1.77. The topological polar surface area (TPSA) is 113 Å². The summed E-state index contributed by atoms with van der Waals surface area (Å²) in [6, 6.07) is 31.8. The molecule has 9 nitrogen and oxygen atoms in total. The Morgan fingerprint density at radius 3 is 2.36 bits per heavy atom. The van der Waals surface area contributed by atoms with E-state index in [2.05, 4.69) is 15.2 Å². The van der Waals surface area contributed by atoms with Gasteiger partial charge >= 0.3 is 5.97 Å². The summed E-state index contributed by atoms with van der Waals surface area (Å²) in [5, 5.41) is 21.5. The molecule has 1 heterocycles. The Morgan fingerprint density at radius 2 is 1.67 bits per heavy atom. The highest BCUT2D eigenvalue weighted by Crippen LogP contribution is 2.36. The first-order chi connectivity index (χ1) is 20.5. The van der Waals surface area contributed by atoms with Crippen molar-refractivity contribution in [2.45, 2.75) is 29.9 Å². The second-order valence-corrected chi connectivity index (χ2v) is 10.2. The molecule has 0 aliphatic carbocycles. The van der Waals surface area contributed by atoms with Gasteiger partial charge in [0.1, 0.15) is 0 Å².